The Morgan fingerprint density at radius 2 is 2.00 bits per heavy atom. The average molecular weight is 271 g/mol. The molecule has 0 bridgehead atoms. The van der Waals surface area contributed by atoms with Gasteiger partial charge in [0.15, 0.2) is 9.84 Å². The first kappa shape index (κ1) is 15.0. The molecule has 0 saturated heterocycles. The van der Waals surface area contributed by atoms with E-state index in [1.165, 1.54) is 0 Å². The quantitative estimate of drug-likeness (QED) is 0.829. The molecule has 0 heterocycles. The van der Waals surface area contributed by atoms with Crippen molar-refractivity contribution in [3.05, 3.63) is 29.8 Å². The van der Waals surface area contributed by atoms with Gasteiger partial charge in [0, 0.05) is 17.8 Å². The Hall–Kier alpha value is -1.07. The van der Waals surface area contributed by atoms with Gasteiger partial charge in [0.25, 0.3) is 0 Å². The molecule has 18 heavy (non-hydrogen) atoms. The van der Waals surface area contributed by atoms with Gasteiger partial charge in [0.2, 0.25) is 0 Å². The van der Waals surface area contributed by atoms with Gasteiger partial charge in [-0.3, -0.25) is 0 Å². The van der Waals surface area contributed by atoms with Gasteiger partial charge in [-0.15, -0.1) is 0 Å². The SMILES string of the molecule is CCS(=O)(=O)CC(C)NC(C)c1cccc(O)c1. The maximum Gasteiger partial charge on any atom is 0.151 e. The molecule has 2 unspecified atom stereocenters. The van der Waals surface area contributed by atoms with Crippen molar-refractivity contribution >= 4 is 9.84 Å². The zero-order valence-electron chi connectivity index (χ0n) is 11.1. The standard InChI is InChI=1S/C13H21NO3S/c1-4-18(16,17)9-10(2)14-11(3)12-6-5-7-13(15)8-12/h5-8,10-11,14-15H,4,9H2,1-3H3. The summed E-state index contributed by atoms with van der Waals surface area (Å²) in [5, 5.41) is 12.6. The van der Waals surface area contributed by atoms with E-state index in [9.17, 15) is 13.5 Å². The summed E-state index contributed by atoms with van der Waals surface area (Å²) in [4.78, 5) is 0. The van der Waals surface area contributed by atoms with E-state index in [2.05, 4.69) is 5.32 Å². The van der Waals surface area contributed by atoms with Crippen LogP contribution in [-0.4, -0.2) is 31.1 Å². The minimum absolute atomic E-state index is 0.000781. The zero-order chi connectivity index (χ0) is 13.8. The first-order chi connectivity index (χ1) is 8.34. The number of sulfone groups is 1. The Bertz CT molecular complexity index is 485. The van der Waals surface area contributed by atoms with Crippen molar-refractivity contribution in [2.24, 2.45) is 0 Å². The van der Waals surface area contributed by atoms with E-state index in [0.717, 1.165) is 5.56 Å². The summed E-state index contributed by atoms with van der Waals surface area (Å²) in [6, 6.07) is 6.85. The lowest BCUT2D eigenvalue weighted by molar-refractivity contribution is 0.467. The van der Waals surface area contributed by atoms with Crippen LogP contribution in [0.25, 0.3) is 0 Å². The number of hydrogen-bond acceptors (Lipinski definition) is 4. The summed E-state index contributed by atoms with van der Waals surface area (Å²) in [5.41, 5.74) is 0.941. The Balaban J connectivity index is 2.62. The third-order valence-corrected chi connectivity index (χ3v) is 4.74. The molecule has 0 radical (unpaired) electrons. The van der Waals surface area contributed by atoms with E-state index >= 15 is 0 Å². The fourth-order valence-electron chi connectivity index (χ4n) is 1.86. The number of nitrogens with one attached hydrogen (secondary N) is 1. The average Bonchev–Trinajstić information content (AvgIpc) is 2.28. The van der Waals surface area contributed by atoms with Gasteiger partial charge >= 0.3 is 0 Å². The highest BCUT2D eigenvalue weighted by Gasteiger charge is 2.16. The monoisotopic (exact) mass is 271 g/mol. The predicted molar refractivity (Wildman–Crippen MR) is 73.4 cm³/mol. The van der Waals surface area contributed by atoms with Crippen molar-refractivity contribution in [1.29, 1.82) is 0 Å². The number of rotatable bonds is 6. The Labute approximate surface area is 109 Å². The first-order valence-corrected chi connectivity index (χ1v) is 7.91. The van der Waals surface area contributed by atoms with Gasteiger partial charge in [-0.2, -0.15) is 0 Å². The highest BCUT2D eigenvalue weighted by molar-refractivity contribution is 7.91. The van der Waals surface area contributed by atoms with Gasteiger partial charge in [-0.05, 0) is 31.5 Å². The lowest BCUT2D eigenvalue weighted by atomic mass is 10.1. The van der Waals surface area contributed by atoms with E-state index in [1.54, 1.807) is 25.1 Å². The largest absolute Gasteiger partial charge is 0.508 e. The van der Waals surface area contributed by atoms with Crippen molar-refractivity contribution in [1.82, 2.24) is 5.32 Å². The number of phenols is 1. The lowest BCUT2D eigenvalue weighted by Gasteiger charge is -2.20. The van der Waals surface area contributed by atoms with Gasteiger partial charge in [-0.25, -0.2) is 8.42 Å². The summed E-state index contributed by atoms with van der Waals surface area (Å²) in [6.07, 6.45) is 0. The second-order valence-electron chi connectivity index (χ2n) is 4.58. The van der Waals surface area contributed by atoms with Crippen LogP contribution in [0.1, 0.15) is 32.4 Å². The lowest BCUT2D eigenvalue weighted by Crippen LogP contribution is -2.35. The molecule has 0 amide bonds. The molecule has 5 heteroatoms. The van der Waals surface area contributed by atoms with E-state index in [1.807, 2.05) is 19.9 Å². The van der Waals surface area contributed by atoms with Crippen LogP contribution in [0, 0.1) is 0 Å². The third kappa shape index (κ3) is 4.66. The van der Waals surface area contributed by atoms with E-state index < -0.39 is 9.84 Å². The molecule has 1 aromatic rings. The van der Waals surface area contributed by atoms with Crippen LogP contribution in [0.15, 0.2) is 24.3 Å². The minimum atomic E-state index is -2.97. The number of benzene rings is 1. The van der Waals surface area contributed by atoms with Crippen LogP contribution in [-0.2, 0) is 9.84 Å². The second-order valence-corrected chi connectivity index (χ2v) is 6.98. The van der Waals surface area contributed by atoms with Crippen molar-refractivity contribution < 1.29 is 13.5 Å². The van der Waals surface area contributed by atoms with E-state index in [-0.39, 0.29) is 29.3 Å². The van der Waals surface area contributed by atoms with Crippen LogP contribution >= 0.6 is 0 Å². The second kappa shape index (κ2) is 6.20. The van der Waals surface area contributed by atoms with Gasteiger partial charge in [-0.1, -0.05) is 19.1 Å². The molecule has 2 atom stereocenters. The fourth-order valence-corrected chi connectivity index (χ4v) is 2.96. The number of aromatic hydroxyl groups is 1. The van der Waals surface area contributed by atoms with Crippen LogP contribution < -0.4 is 5.32 Å². The molecule has 2 N–H and O–H groups in total. The first-order valence-electron chi connectivity index (χ1n) is 6.09. The minimum Gasteiger partial charge on any atom is -0.508 e. The van der Waals surface area contributed by atoms with Gasteiger partial charge in [0.1, 0.15) is 5.75 Å². The summed E-state index contributed by atoms with van der Waals surface area (Å²) >= 11 is 0. The highest BCUT2D eigenvalue weighted by Crippen LogP contribution is 2.18. The van der Waals surface area contributed by atoms with Gasteiger partial charge < -0.3 is 10.4 Å². The molecule has 1 aromatic carbocycles. The van der Waals surface area contributed by atoms with Crippen molar-refractivity contribution in [3.8, 4) is 5.75 Å². The third-order valence-electron chi connectivity index (χ3n) is 2.85. The van der Waals surface area contributed by atoms with Crippen molar-refractivity contribution in [2.75, 3.05) is 11.5 Å². The highest BCUT2D eigenvalue weighted by atomic mass is 32.2. The smallest absolute Gasteiger partial charge is 0.151 e. The maximum atomic E-state index is 11.5. The molecule has 0 aromatic heterocycles. The topological polar surface area (TPSA) is 66.4 Å². The van der Waals surface area contributed by atoms with Crippen molar-refractivity contribution in [3.63, 3.8) is 0 Å². The summed E-state index contributed by atoms with van der Waals surface area (Å²) < 4.78 is 23.0. The summed E-state index contributed by atoms with van der Waals surface area (Å²) in [6.45, 7) is 5.46. The maximum absolute atomic E-state index is 11.5. The fraction of sp³-hybridized carbons (Fsp3) is 0.538. The molecule has 0 saturated carbocycles. The zero-order valence-corrected chi connectivity index (χ0v) is 11.9. The van der Waals surface area contributed by atoms with Crippen LogP contribution in [0.4, 0.5) is 0 Å². The molecule has 102 valence electrons. The Morgan fingerprint density at radius 1 is 1.33 bits per heavy atom. The van der Waals surface area contributed by atoms with Gasteiger partial charge in [0.05, 0.1) is 5.75 Å². The molecule has 0 aliphatic heterocycles. The van der Waals surface area contributed by atoms with Crippen LogP contribution in [0.5, 0.6) is 5.75 Å². The van der Waals surface area contributed by atoms with E-state index in [4.69, 9.17) is 0 Å². The van der Waals surface area contributed by atoms with E-state index in [0.29, 0.717) is 0 Å². The summed E-state index contributed by atoms with van der Waals surface area (Å²) in [7, 11) is -2.97. The Kier molecular flexibility index (Phi) is 5.16. The molecule has 0 fully saturated rings. The molecule has 0 aliphatic rings. The predicted octanol–water partition coefficient (Wildman–Crippen LogP) is 1.87. The number of phenolic OH excluding ortho intramolecular Hbond substituents is 1. The molecule has 0 spiro atoms. The molecular formula is C13H21NO3S. The number of hydrogen-bond donors (Lipinski definition) is 2. The molecule has 0 aliphatic carbocycles. The van der Waals surface area contributed by atoms with Crippen LogP contribution in [0.3, 0.4) is 0 Å². The normalized spacial score (nSPS) is 15.3. The Morgan fingerprint density at radius 3 is 2.56 bits per heavy atom. The molecule has 1 rings (SSSR count). The molecular weight excluding hydrogens is 250 g/mol. The van der Waals surface area contributed by atoms with Crippen molar-refractivity contribution in [2.45, 2.75) is 32.9 Å². The molecule has 4 nitrogen and oxygen atoms in total. The summed E-state index contributed by atoms with van der Waals surface area (Å²) in [5.74, 6) is 0.515. The van der Waals surface area contributed by atoms with Crippen LogP contribution in [0.2, 0.25) is 0 Å².